The van der Waals surface area contributed by atoms with Crippen molar-refractivity contribution in [3.05, 3.63) is 77.5 Å². The normalized spacial score (nSPS) is 14.8. The van der Waals surface area contributed by atoms with Crippen molar-refractivity contribution in [1.29, 1.82) is 0 Å². The molecule has 144 valence electrons. The molecule has 0 atom stereocenters. The molecule has 2 heterocycles. The van der Waals surface area contributed by atoms with Gasteiger partial charge in [0.15, 0.2) is 5.82 Å². The molecule has 0 amide bonds. The van der Waals surface area contributed by atoms with Crippen molar-refractivity contribution in [3.8, 4) is 0 Å². The van der Waals surface area contributed by atoms with Gasteiger partial charge in [-0.2, -0.15) is 10.1 Å². The van der Waals surface area contributed by atoms with Crippen molar-refractivity contribution in [3.63, 3.8) is 0 Å². The summed E-state index contributed by atoms with van der Waals surface area (Å²) in [5.74, 6) is 2.25. The molecule has 1 fully saturated rings. The van der Waals surface area contributed by atoms with E-state index in [4.69, 9.17) is 0 Å². The topological polar surface area (TPSA) is 53.9 Å². The van der Waals surface area contributed by atoms with E-state index in [1.807, 2.05) is 0 Å². The van der Waals surface area contributed by atoms with Crippen molar-refractivity contribution >= 4 is 11.8 Å². The molecule has 0 unspecified atom stereocenters. The van der Waals surface area contributed by atoms with Crippen LogP contribution in [0.4, 0.5) is 11.8 Å². The van der Waals surface area contributed by atoms with Gasteiger partial charge in [-0.3, -0.25) is 0 Å². The summed E-state index contributed by atoms with van der Waals surface area (Å²) in [5, 5.41) is 11.6. The fourth-order valence-electron chi connectivity index (χ4n) is 3.72. The first-order chi connectivity index (χ1) is 13.8. The van der Waals surface area contributed by atoms with E-state index < -0.39 is 0 Å². The zero-order valence-corrected chi connectivity index (χ0v) is 16.4. The van der Waals surface area contributed by atoms with E-state index in [0.29, 0.717) is 12.5 Å². The van der Waals surface area contributed by atoms with Gasteiger partial charge in [0, 0.05) is 19.6 Å². The predicted octanol–water partition coefficient (Wildman–Crippen LogP) is 4.25. The fraction of sp³-hybridized carbons (Fsp3) is 0.348. The number of nitrogens with zero attached hydrogens (tertiary/aromatic N) is 4. The van der Waals surface area contributed by atoms with Gasteiger partial charge in [0.25, 0.3) is 0 Å². The molecule has 5 heteroatoms. The first-order valence-corrected chi connectivity index (χ1v) is 10.0. The van der Waals surface area contributed by atoms with Gasteiger partial charge in [-0.25, -0.2) is 0 Å². The molecule has 5 nitrogen and oxygen atoms in total. The highest BCUT2D eigenvalue weighted by Gasteiger charge is 2.21. The summed E-state index contributed by atoms with van der Waals surface area (Å²) < 4.78 is 0. The van der Waals surface area contributed by atoms with Crippen LogP contribution in [0.15, 0.2) is 60.8 Å². The summed E-state index contributed by atoms with van der Waals surface area (Å²) >= 11 is 0. The van der Waals surface area contributed by atoms with Crippen molar-refractivity contribution in [2.75, 3.05) is 23.3 Å². The first-order valence-electron chi connectivity index (χ1n) is 10.0. The highest BCUT2D eigenvalue weighted by molar-refractivity contribution is 5.41. The maximum absolute atomic E-state index is 4.68. The quantitative estimate of drug-likeness (QED) is 0.700. The molecule has 0 aliphatic carbocycles. The molecule has 0 radical (unpaired) electrons. The molecule has 0 spiro atoms. The van der Waals surface area contributed by atoms with E-state index in [9.17, 15) is 0 Å². The van der Waals surface area contributed by atoms with Crippen molar-refractivity contribution in [2.45, 2.75) is 32.7 Å². The van der Waals surface area contributed by atoms with Crippen LogP contribution >= 0.6 is 0 Å². The molecule has 1 aliphatic rings. The average Bonchev–Trinajstić information content (AvgIpc) is 2.75. The molecule has 3 aromatic rings. The lowest BCUT2D eigenvalue weighted by atomic mass is 9.90. The SMILES string of the molecule is Cc1ccc(CNc2nncc(N3CCC(Cc4ccccc4)CC3)n2)cc1. The summed E-state index contributed by atoms with van der Waals surface area (Å²) in [4.78, 5) is 7.01. The molecular formula is C23H27N5. The van der Waals surface area contributed by atoms with E-state index in [-0.39, 0.29) is 0 Å². The van der Waals surface area contributed by atoms with Crippen LogP contribution in [0.1, 0.15) is 29.5 Å². The zero-order chi connectivity index (χ0) is 19.2. The maximum Gasteiger partial charge on any atom is 0.244 e. The largest absolute Gasteiger partial charge is 0.355 e. The maximum atomic E-state index is 4.68. The lowest BCUT2D eigenvalue weighted by molar-refractivity contribution is 0.402. The number of aryl methyl sites for hydroxylation is 1. The number of benzene rings is 2. The van der Waals surface area contributed by atoms with E-state index in [0.717, 1.165) is 24.8 Å². The number of hydrogen-bond acceptors (Lipinski definition) is 5. The van der Waals surface area contributed by atoms with Gasteiger partial charge in [-0.15, -0.1) is 5.10 Å². The first kappa shape index (κ1) is 18.4. The molecule has 28 heavy (non-hydrogen) atoms. The Morgan fingerprint density at radius 1 is 0.964 bits per heavy atom. The second-order valence-electron chi connectivity index (χ2n) is 7.60. The molecule has 1 N–H and O–H groups in total. The minimum Gasteiger partial charge on any atom is -0.355 e. The Balaban J connectivity index is 1.31. The number of piperidine rings is 1. The fourth-order valence-corrected chi connectivity index (χ4v) is 3.72. The van der Waals surface area contributed by atoms with Gasteiger partial charge in [0.05, 0.1) is 6.20 Å². The van der Waals surface area contributed by atoms with Crippen molar-refractivity contribution in [2.24, 2.45) is 5.92 Å². The van der Waals surface area contributed by atoms with Crippen molar-refractivity contribution in [1.82, 2.24) is 15.2 Å². The second kappa shape index (κ2) is 8.83. The predicted molar refractivity (Wildman–Crippen MR) is 113 cm³/mol. The lowest BCUT2D eigenvalue weighted by Crippen LogP contribution is -2.35. The summed E-state index contributed by atoms with van der Waals surface area (Å²) in [6.07, 6.45) is 5.31. The minimum absolute atomic E-state index is 0.587. The zero-order valence-electron chi connectivity index (χ0n) is 16.4. The number of aromatic nitrogens is 3. The molecule has 1 saturated heterocycles. The van der Waals surface area contributed by atoms with E-state index in [2.05, 4.69) is 86.9 Å². The van der Waals surface area contributed by atoms with E-state index in [1.54, 1.807) is 6.20 Å². The Morgan fingerprint density at radius 2 is 1.71 bits per heavy atom. The monoisotopic (exact) mass is 373 g/mol. The number of hydrogen-bond donors (Lipinski definition) is 1. The third kappa shape index (κ3) is 4.85. The second-order valence-corrected chi connectivity index (χ2v) is 7.60. The molecule has 4 rings (SSSR count). The summed E-state index contributed by atoms with van der Waals surface area (Å²) in [6, 6.07) is 19.3. The van der Waals surface area contributed by atoms with Gasteiger partial charge in [-0.1, -0.05) is 60.2 Å². The Labute approximate surface area is 166 Å². The van der Waals surface area contributed by atoms with Gasteiger partial charge in [-0.05, 0) is 43.2 Å². The molecule has 2 aromatic carbocycles. The molecule has 1 aromatic heterocycles. The molecule has 1 aliphatic heterocycles. The number of rotatable bonds is 6. The molecule has 0 saturated carbocycles. The average molecular weight is 374 g/mol. The third-order valence-corrected chi connectivity index (χ3v) is 5.42. The molecular weight excluding hydrogens is 346 g/mol. The van der Waals surface area contributed by atoms with Crippen LogP contribution in [-0.4, -0.2) is 28.3 Å². The summed E-state index contributed by atoms with van der Waals surface area (Å²) in [7, 11) is 0. The van der Waals surface area contributed by atoms with Crippen molar-refractivity contribution < 1.29 is 0 Å². The van der Waals surface area contributed by atoms with E-state index >= 15 is 0 Å². The standard InChI is InChI=1S/C23H27N5/c1-18-7-9-21(10-8-18)16-24-23-26-22(17-25-27-23)28-13-11-20(12-14-28)15-19-5-3-2-4-6-19/h2-10,17,20H,11-16H2,1H3,(H,24,26,27). The summed E-state index contributed by atoms with van der Waals surface area (Å²) in [6.45, 7) is 4.84. The highest BCUT2D eigenvalue weighted by atomic mass is 15.3. The smallest absolute Gasteiger partial charge is 0.244 e. The Kier molecular flexibility index (Phi) is 5.80. The molecule has 0 bridgehead atoms. The minimum atomic E-state index is 0.587. The lowest BCUT2D eigenvalue weighted by Gasteiger charge is -2.32. The Bertz CT molecular complexity index is 871. The Morgan fingerprint density at radius 3 is 2.46 bits per heavy atom. The summed E-state index contributed by atoms with van der Waals surface area (Å²) in [5.41, 5.74) is 3.91. The van der Waals surface area contributed by atoms with Gasteiger partial charge in [0.1, 0.15) is 0 Å². The number of nitrogens with one attached hydrogen (secondary N) is 1. The van der Waals surface area contributed by atoms with Crippen LogP contribution in [-0.2, 0) is 13.0 Å². The van der Waals surface area contributed by atoms with Crippen LogP contribution in [0, 0.1) is 12.8 Å². The van der Waals surface area contributed by atoms with Crippen LogP contribution in [0.25, 0.3) is 0 Å². The Hall–Kier alpha value is -2.95. The van der Waals surface area contributed by atoms with Crippen LogP contribution < -0.4 is 10.2 Å². The van der Waals surface area contributed by atoms with E-state index in [1.165, 1.54) is 36.0 Å². The highest BCUT2D eigenvalue weighted by Crippen LogP contribution is 2.24. The van der Waals surface area contributed by atoms with Gasteiger partial charge in [0.2, 0.25) is 5.95 Å². The third-order valence-electron chi connectivity index (χ3n) is 5.42. The number of anilines is 2. The van der Waals surface area contributed by atoms with Crippen LogP contribution in [0.2, 0.25) is 0 Å². The van der Waals surface area contributed by atoms with Gasteiger partial charge < -0.3 is 10.2 Å². The van der Waals surface area contributed by atoms with Gasteiger partial charge >= 0.3 is 0 Å². The van der Waals surface area contributed by atoms with Crippen LogP contribution in [0.3, 0.4) is 0 Å². The van der Waals surface area contributed by atoms with Crippen LogP contribution in [0.5, 0.6) is 0 Å².